The first-order chi connectivity index (χ1) is 8.02. The molecule has 0 unspecified atom stereocenters. The van der Waals surface area contributed by atoms with E-state index in [9.17, 15) is 0 Å². The van der Waals surface area contributed by atoms with Crippen LogP contribution in [0.5, 0.6) is 0 Å². The molecule has 1 heterocycles. The van der Waals surface area contributed by atoms with Crippen molar-refractivity contribution in [3.63, 3.8) is 0 Å². The van der Waals surface area contributed by atoms with Crippen molar-refractivity contribution in [2.75, 3.05) is 19.0 Å². The van der Waals surface area contributed by atoms with Crippen LogP contribution >= 0.6 is 0 Å². The molecule has 0 saturated carbocycles. The van der Waals surface area contributed by atoms with Crippen LogP contribution in [0.3, 0.4) is 0 Å². The van der Waals surface area contributed by atoms with Crippen LogP contribution in [0.25, 0.3) is 10.9 Å². The molecule has 0 fully saturated rings. The van der Waals surface area contributed by atoms with E-state index in [1.807, 2.05) is 6.92 Å². The highest BCUT2D eigenvalue weighted by molar-refractivity contribution is 5.94. The number of hydrogen-bond donors (Lipinski definition) is 1. The van der Waals surface area contributed by atoms with Crippen molar-refractivity contribution in [2.24, 2.45) is 5.73 Å². The van der Waals surface area contributed by atoms with Crippen molar-refractivity contribution < 1.29 is 0 Å². The fourth-order valence-electron chi connectivity index (χ4n) is 2.19. The molecule has 3 heteroatoms. The lowest BCUT2D eigenvalue weighted by molar-refractivity contribution is 1.06. The van der Waals surface area contributed by atoms with E-state index < -0.39 is 0 Å². The first-order valence-electron chi connectivity index (χ1n) is 5.81. The maximum Gasteiger partial charge on any atom is 0.0771 e. The second-order valence-corrected chi connectivity index (χ2v) is 4.70. The zero-order valence-corrected chi connectivity index (χ0v) is 10.9. The Labute approximate surface area is 102 Å². The van der Waals surface area contributed by atoms with Crippen LogP contribution in [0.2, 0.25) is 0 Å². The fourth-order valence-corrected chi connectivity index (χ4v) is 2.19. The minimum Gasteiger partial charge on any atom is -0.377 e. The third kappa shape index (κ3) is 2.11. The quantitative estimate of drug-likeness (QED) is 0.859. The minimum absolute atomic E-state index is 0.529. The van der Waals surface area contributed by atoms with Gasteiger partial charge < -0.3 is 10.6 Å². The molecule has 0 bridgehead atoms. The molecule has 17 heavy (non-hydrogen) atoms. The summed E-state index contributed by atoms with van der Waals surface area (Å²) in [6.07, 6.45) is 0. The molecule has 1 aromatic carbocycles. The molecule has 0 atom stereocenters. The van der Waals surface area contributed by atoms with Crippen LogP contribution in [0.4, 0.5) is 5.69 Å². The highest BCUT2D eigenvalue weighted by Gasteiger charge is 2.09. The number of aryl methyl sites for hydroxylation is 2. The molecule has 0 aliphatic heterocycles. The maximum absolute atomic E-state index is 5.81. The Bertz CT molecular complexity index is 559. The Morgan fingerprint density at radius 3 is 2.47 bits per heavy atom. The van der Waals surface area contributed by atoms with Gasteiger partial charge in [-0.05, 0) is 37.1 Å². The average molecular weight is 229 g/mol. The number of benzene rings is 1. The first kappa shape index (κ1) is 11.9. The third-order valence-electron chi connectivity index (χ3n) is 2.94. The number of pyridine rings is 1. The smallest absolute Gasteiger partial charge is 0.0771 e. The van der Waals surface area contributed by atoms with Gasteiger partial charge in [-0.2, -0.15) is 0 Å². The van der Waals surface area contributed by atoms with Crippen LogP contribution in [0.15, 0.2) is 18.2 Å². The summed E-state index contributed by atoms with van der Waals surface area (Å²) in [5.41, 5.74) is 11.4. The molecule has 1 aromatic heterocycles. The number of hydrogen-bond acceptors (Lipinski definition) is 3. The van der Waals surface area contributed by atoms with Crippen molar-refractivity contribution >= 4 is 16.6 Å². The van der Waals surface area contributed by atoms with Gasteiger partial charge in [-0.25, -0.2) is 0 Å². The number of fused-ring (bicyclic) bond motifs is 1. The van der Waals surface area contributed by atoms with Gasteiger partial charge in [0.2, 0.25) is 0 Å². The summed E-state index contributed by atoms with van der Waals surface area (Å²) >= 11 is 0. The summed E-state index contributed by atoms with van der Waals surface area (Å²) in [5, 5.41) is 1.18. The monoisotopic (exact) mass is 229 g/mol. The molecule has 2 rings (SSSR count). The van der Waals surface area contributed by atoms with Gasteiger partial charge in [-0.3, -0.25) is 4.98 Å². The summed E-state index contributed by atoms with van der Waals surface area (Å²) in [5.74, 6) is 0. The summed E-state index contributed by atoms with van der Waals surface area (Å²) in [4.78, 5) is 6.75. The van der Waals surface area contributed by atoms with E-state index >= 15 is 0 Å². The topological polar surface area (TPSA) is 42.1 Å². The molecule has 2 N–H and O–H groups in total. The molecule has 0 amide bonds. The third-order valence-corrected chi connectivity index (χ3v) is 2.94. The first-order valence-corrected chi connectivity index (χ1v) is 5.81. The molecule has 3 nitrogen and oxygen atoms in total. The predicted octanol–water partition coefficient (Wildman–Crippen LogP) is 2.38. The summed E-state index contributed by atoms with van der Waals surface area (Å²) < 4.78 is 0. The van der Waals surface area contributed by atoms with Gasteiger partial charge in [0.15, 0.2) is 0 Å². The van der Waals surface area contributed by atoms with E-state index in [2.05, 4.69) is 49.1 Å². The van der Waals surface area contributed by atoms with E-state index in [4.69, 9.17) is 5.73 Å². The maximum atomic E-state index is 5.81. The van der Waals surface area contributed by atoms with E-state index in [1.165, 1.54) is 16.6 Å². The normalized spacial score (nSPS) is 10.9. The van der Waals surface area contributed by atoms with E-state index in [0.29, 0.717) is 6.54 Å². The summed E-state index contributed by atoms with van der Waals surface area (Å²) in [6, 6.07) is 6.41. The highest BCUT2D eigenvalue weighted by Crippen LogP contribution is 2.28. The molecule has 0 aliphatic carbocycles. The predicted molar refractivity (Wildman–Crippen MR) is 73.4 cm³/mol. The zero-order valence-electron chi connectivity index (χ0n) is 10.9. The zero-order chi connectivity index (χ0) is 12.6. The molecule has 2 aromatic rings. The second-order valence-electron chi connectivity index (χ2n) is 4.70. The molecule has 0 spiro atoms. The molecular formula is C14H19N3. The second kappa shape index (κ2) is 4.34. The number of nitrogens with zero attached hydrogens (tertiary/aromatic N) is 2. The van der Waals surface area contributed by atoms with Gasteiger partial charge in [0.05, 0.1) is 5.52 Å². The summed E-state index contributed by atoms with van der Waals surface area (Å²) in [7, 11) is 4.11. The largest absolute Gasteiger partial charge is 0.377 e. The van der Waals surface area contributed by atoms with Crippen LogP contribution < -0.4 is 10.6 Å². The Hall–Kier alpha value is -1.61. The molecule has 0 radical (unpaired) electrons. The van der Waals surface area contributed by atoms with Crippen LogP contribution in [-0.2, 0) is 6.54 Å². The summed E-state index contributed by atoms with van der Waals surface area (Å²) in [6.45, 7) is 4.64. The van der Waals surface area contributed by atoms with Crippen LogP contribution in [0.1, 0.15) is 16.8 Å². The van der Waals surface area contributed by atoms with Crippen molar-refractivity contribution in [3.8, 4) is 0 Å². The molecule has 0 saturated heterocycles. The lowest BCUT2D eigenvalue weighted by Crippen LogP contribution is -2.11. The molecule has 90 valence electrons. The van der Waals surface area contributed by atoms with Gasteiger partial charge in [-0.15, -0.1) is 0 Å². The number of rotatable bonds is 2. The van der Waals surface area contributed by atoms with Crippen molar-refractivity contribution in [1.29, 1.82) is 0 Å². The highest BCUT2D eigenvalue weighted by atomic mass is 15.1. The van der Waals surface area contributed by atoms with Gasteiger partial charge >= 0.3 is 0 Å². The SMILES string of the molecule is Cc1cc(CN)c2nc(C)cc(N(C)C)c2c1. The van der Waals surface area contributed by atoms with Gasteiger partial charge in [0.1, 0.15) is 0 Å². The Morgan fingerprint density at radius 2 is 1.88 bits per heavy atom. The van der Waals surface area contributed by atoms with Gasteiger partial charge in [0, 0.05) is 37.4 Å². The minimum atomic E-state index is 0.529. The standard InChI is InChI=1S/C14H19N3/c1-9-5-11(8-15)14-12(6-9)13(17(3)4)7-10(2)16-14/h5-7H,8,15H2,1-4H3. The van der Waals surface area contributed by atoms with Crippen molar-refractivity contribution in [2.45, 2.75) is 20.4 Å². The van der Waals surface area contributed by atoms with E-state index in [-0.39, 0.29) is 0 Å². The van der Waals surface area contributed by atoms with E-state index in [0.717, 1.165) is 16.8 Å². The van der Waals surface area contributed by atoms with Gasteiger partial charge in [-0.1, -0.05) is 6.07 Å². The van der Waals surface area contributed by atoms with Crippen LogP contribution in [0, 0.1) is 13.8 Å². The molecular weight excluding hydrogens is 210 g/mol. The van der Waals surface area contributed by atoms with Crippen LogP contribution in [-0.4, -0.2) is 19.1 Å². The number of aromatic nitrogens is 1. The lowest BCUT2D eigenvalue weighted by Gasteiger charge is -2.18. The fraction of sp³-hybridized carbons (Fsp3) is 0.357. The number of anilines is 1. The lowest BCUT2D eigenvalue weighted by atomic mass is 10.0. The average Bonchev–Trinajstić information content (AvgIpc) is 2.27. The Balaban J connectivity index is 2.88. The van der Waals surface area contributed by atoms with E-state index in [1.54, 1.807) is 0 Å². The molecule has 0 aliphatic rings. The number of nitrogens with two attached hydrogens (primary N) is 1. The Morgan fingerprint density at radius 1 is 1.18 bits per heavy atom. The van der Waals surface area contributed by atoms with Gasteiger partial charge in [0.25, 0.3) is 0 Å². The Kier molecular flexibility index (Phi) is 3.03. The van der Waals surface area contributed by atoms with Crippen molar-refractivity contribution in [3.05, 3.63) is 35.0 Å². The van der Waals surface area contributed by atoms with Crippen molar-refractivity contribution in [1.82, 2.24) is 4.98 Å².